The molecule has 0 aromatic carbocycles. The fourth-order valence-electron chi connectivity index (χ4n) is 0.493. The summed E-state index contributed by atoms with van der Waals surface area (Å²) in [6, 6.07) is 0. The molecule has 0 saturated carbocycles. The van der Waals surface area contributed by atoms with Gasteiger partial charge in [0.1, 0.15) is 0 Å². The van der Waals surface area contributed by atoms with Crippen molar-refractivity contribution in [1.29, 1.82) is 5.26 Å². The summed E-state index contributed by atoms with van der Waals surface area (Å²) in [7, 11) is -0.0657. The van der Waals surface area contributed by atoms with Gasteiger partial charge in [-0.1, -0.05) is 0 Å². The van der Waals surface area contributed by atoms with Crippen LogP contribution in [0.1, 0.15) is 13.8 Å². The molecule has 0 aliphatic rings. The lowest BCUT2D eigenvalue weighted by molar-refractivity contribution is 0.227. The van der Waals surface area contributed by atoms with Crippen LogP contribution in [0, 0.1) is 11.1 Å². The average Bonchev–Trinajstić information content (AvgIpc) is 1.86. The van der Waals surface area contributed by atoms with Crippen LogP contribution >= 0.6 is 7.52 Å². The predicted molar refractivity (Wildman–Crippen MR) is 43.1 cm³/mol. The molecule has 0 saturated heterocycles. The van der Waals surface area contributed by atoms with Crippen molar-refractivity contribution in [2.75, 3.05) is 14.1 Å². The first kappa shape index (κ1) is 10.6. The van der Waals surface area contributed by atoms with Gasteiger partial charge in [0.2, 0.25) is 0 Å². The van der Waals surface area contributed by atoms with Crippen molar-refractivity contribution in [2.24, 2.45) is 0 Å². The number of nitrogens with zero attached hydrogens (tertiary/aromatic N) is 2. The molecule has 5 heteroatoms. The largest absolute Gasteiger partial charge is 0.370 e. The van der Waals surface area contributed by atoms with Crippen LogP contribution in [0.5, 0.6) is 0 Å². The predicted octanol–water partition coefficient (Wildman–Crippen LogP) is 1.65. The van der Waals surface area contributed by atoms with Gasteiger partial charge in [-0.15, -0.1) is 0 Å². The zero-order chi connectivity index (χ0) is 9.07. The Hall–Kier alpha value is -0.360. The zero-order valence-corrected chi connectivity index (χ0v) is 8.13. The molecule has 0 fully saturated rings. The molecule has 4 nitrogen and oxygen atoms in total. The molecular formula is C6H13N2O2P. The van der Waals surface area contributed by atoms with Gasteiger partial charge in [-0.2, -0.15) is 5.26 Å². The van der Waals surface area contributed by atoms with Gasteiger partial charge in [0.25, 0.3) is 0 Å². The summed E-state index contributed by atoms with van der Waals surface area (Å²) in [4.78, 5) is 0. The van der Waals surface area contributed by atoms with Gasteiger partial charge in [0.15, 0.2) is 5.81 Å². The van der Waals surface area contributed by atoms with Crippen molar-refractivity contribution < 1.29 is 9.09 Å². The van der Waals surface area contributed by atoms with Gasteiger partial charge in [0, 0.05) is 0 Å². The van der Waals surface area contributed by atoms with Crippen molar-refractivity contribution in [2.45, 2.75) is 20.0 Å². The van der Waals surface area contributed by atoms with Crippen LogP contribution in [-0.4, -0.2) is 24.9 Å². The minimum atomic E-state index is -3.19. The lowest BCUT2D eigenvalue weighted by Gasteiger charge is -2.19. The molecule has 0 amide bonds. The molecular weight excluding hydrogens is 163 g/mol. The zero-order valence-electron chi connectivity index (χ0n) is 7.24. The third-order valence-electron chi connectivity index (χ3n) is 1.01. The molecule has 1 atom stereocenters. The smallest absolute Gasteiger partial charge is 0.304 e. The Bertz CT molecular complexity index is 207. The Morgan fingerprint density at radius 1 is 1.55 bits per heavy atom. The fourth-order valence-corrected chi connectivity index (χ4v) is 1.48. The quantitative estimate of drug-likeness (QED) is 0.613. The topological polar surface area (TPSA) is 53.3 Å². The summed E-state index contributed by atoms with van der Waals surface area (Å²) < 4.78 is 17.7. The monoisotopic (exact) mass is 176 g/mol. The van der Waals surface area contributed by atoms with Gasteiger partial charge in [-0.25, -0.2) is 4.67 Å². The number of hydrogen-bond acceptors (Lipinski definition) is 3. The first-order chi connectivity index (χ1) is 4.92. The maximum atomic E-state index is 11.4. The normalized spacial score (nSPS) is 16.5. The second-order valence-electron chi connectivity index (χ2n) is 2.62. The van der Waals surface area contributed by atoms with Crippen molar-refractivity contribution in [3.8, 4) is 5.81 Å². The summed E-state index contributed by atoms with van der Waals surface area (Å²) >= 11 is 0. The van der Waals surface area contributed by atoms with E-state index in [-0.39, 0.29) is 6.10 Å². The minimum Gasteiger partial charge on any atom is -0.304 e. The van der Waals surface area contributed by atoms with E-state index in [9.17, 15) is 4.57 Å². The van der Waals surface area contributed by atoms with Crippen LogP contribution in [0.15, 0.2) is 0 Å². The lowest BCUT2D eigenvalue weighted by Crippen LogP contribution is -2.12. The van der Waals surface area contributed by atoms with E-state index in [0.29, 0.717) is 0 Å². The Labute approximate surface area is 67.3 Å². The molecule has 11 heavy (non-hydrogen) atoms. The van der Waals surface area contributed by atoms with E-state index in [1.165, 1.54) is 4.67 Å². The molecule has 0 aromatic heterocycles. The summed E-state index contributed by atoms with van der Waals surface area (Å²) in [6.45, 7) is 3.49. The van der Waals surface area contributed by atoms with Crippen molar-refractivity contribution in [1.82, 2.24) is 4.67 Å². The van der Waals surface area contributed by atoms with Crippen LogP contribution in [0.2, 0.25) is 0 Å². The maximum absolute atomic E-state index is 11.4. The van der Waals surface area contributed by atoms with E-state index in [1.807, 2.05) is 0 Å². The van der Waals surface area contributed by atoms with Crippen molar-refractivity contribution in [3.63, 3.8) is 0 Å². The number of rotatable bonds is 3. The second kappa shape index (κ2) is 3.87. The van der Waals surface area contributed by atoms with Crippen LogP contribution < -0.4 is 0 Å². The third-order valence-corrected chi connectivity index (χ3v) is 3.02. The van der Waals surface area contributed by atoms with Gasteiger partial charge >= 0.3 is 7.52 Å². The molecule has 0 bridgehead atoms. The van der Waals surface area contributed by atoms with E-state index >= 15 is 0 Å². The third kappa shape index (κ3) is 3.02. The van der Waals surface area contributed by atoms with Gasteiger partial charge in [0.05, 0.1) is 6.10 Å². The second-order valence-corrected chi connectivity index (χ2v) is 4.87. The highest BCUT2D eigenvalue weighted by molar-refractivity contribution is 7.61. The van der Waals surface area contributed by atoms with Crippen LogP contribution in [0.25, 0.3) is 0 Å². The number of hydrogen-bond donors (Lipinski definition) is 0. The van der Waals surface area contributed by atoms with Gasteiger partial charge in [-0.3, -0.25) is 4.57 Å². The minimum absolute atomic E-state index is 0.192. The number of nitriles is 1. The van der Waals surface area contributed by atoms with Crippen LogP contribution in [-0.2, 0) is 9.09 Å². The molecule has 0 radical (unpaired) electrons. The lowest BCUT2D eigenvalue weighted by atomic mass is 10.5. The van der Waals surface area contributed by atoms with E-state index < -0.39 is 7.52 Å². The first-order valence-corrected chi connectivity index (χ1v) is 4.87. The molecule has 1 unspecified atom stereocenters. The average molecular weight is 176 g/mol. The van der Waals surface area contributed by atoms with Gasteiger partial charge < -0.3 is 4.52 Å². The van der Waals surface area contributed by atoms with E-state index in [2.05, 4.69) is 0 Å². The van der Waals surface area contributed by atoms with Crippen molar-refractivity contribution >= 4 is 7.52 Å². The molecule has 0 N–H and O–H groups in total. The fraction of sp³-hybridized carbons (Fsp3) is 0.833. The van der Waals surface area contributed by atoms with E-state index in [0.717, 1.165) is 0 Å². The summed E-state index contributed by atoms with van der Waals surface area (Å²) in [5.74, 6) is 1.67. The highest BCUT2D eigenvalue weighted by Crippen LogP contribution is 2.48. The molecule has 0 aliphatic heterocycles. The van der Waals surface area contributed by atoms with E-state index in [1.54, 1.807) is 33.8 Å². The summed E-state index contributed by atoms with van der Waals surface area (Å²) in [5.41, 5.74) is 0. The highest BCUT2D eigenvalue weighted by atomic mass is 31.2. The van der Waals surface area contributed by atoms with Crippen LogP contribution in [0.4, 0.5) is 0 Å². The molecule has 0 heterocycles. The van der Waals surface area contributed by atoms with E-state index in [4.69, 9.17) is 9.79 Å². The maximum Gasteiger partial charge on any atom is 0.370 e. The van der Waals surface area contributed by atoms with Crippen molar-refractivity contribution in [3.05, 3.63) is 0 Å². The molecule has 0 aromatic rings. The summed E-state index contributed by atoms with van der Waals surface area (Å²) in [5, 5.41) is 8.52. The Morgan fingerprint density at radius 2 is 2.00 bits per heavy atom. The summed E-state index contributed by atoms with van der Waals surface area (Å²) in [6.07, 6.45) is -0.192. The molecule has 0 spiro atoms. The Morgan fingerprint density at radius 3 is 2.09 bits per heavy atom. The molecule has 0 aliphatic carbocycles. The van der Waals surface area contributed by atoms with Gasteiger partial charge in [-0.05, 0) is 27.9 Å². The van der Waals surface area contributed by atoms with Crippen LogP contribution in [0.3, 0.4) is 0 Å². The highest BCUT2D eigenvalue weighted by Gasteiger charge is 2.26. The first-order valence-electron chi connectivity index (χ1n) is 3.30. The molecule has 64 valence electrons. The standard InChI is InChI=1S/C6H13N2O2P/c1-6(2)10-11(9,5-7)8(3)4/h6H,1-4H3. The Kier molecular flexibility index (Phi) is 3.74. The Balaban J connectivity index is 4.40. The molecule has 0 rings (SSSR count). The SMILES string of the molecule is CC(C)OP(=O)(C#N)N(C)C.